The molecular formula is C50H32N6. The second-order valence-electron chi connectivity index (χ2n) is 14.4. The third kappa shape index (κ3) is 4.56. The SMILES string of the molecule is c1ccc(-n2ccc3cc4c(cc32)c2ccccc2n4-c2ccc(-c3ccc(-n4c5ccccc5c5cc6c(ccn6-c6ccccc6)cc54)nc3)cn2)cc1. The number of hydrogen-bond acceptors (Lipinski definition) is 2. The van der Waals surface area contributed by atoms with Crippen molar-refractivity contribution in [3.8, 4) is 34.1 Å². The van der Waals surface area contributed by atoms with Crippen LogP contribution in [0.3, 0.4) is 0 Å². The van der Waals surface area contributed by atoms with E-state index in [1.165, 1.54) is 43.4 Å². The second-order valence-corrected chi connectivity index (χ2v) is 14.4. The van der Waals surface area contributed by atoms with E-state index < -0.39 is 0 Å². The zero-order valence-electron chi connectivity index (χ0n) is 30.2. The number of pyridine rings is 2. The van der Waals surface area contributed by atoms with E-state index in [0.717, 1.165) is 56.2 Å². The quantitative estimate of drug-likeness (QED) is 0.178. The molecule has 0 aliphatic rings. The van der Waals surface area contributed by atoms with Gasteiger partial charge in [0.1, 0.15) is 11.6 Å². The van der Waals surface area contributed by atoms with Gasteiger partial charge < -0.3 is 9.13 Å². The van der Waals surface area contributed by atoms with Crippen LogP contribution in [0.15, 0.2) is 195 Å². The standard InChI is InChI=1S/C50H32N6/c1-3-11-37(12-4-1)53-25-23-33-27-47-41(29-45(33)53)39-15-7-9-17-43(39)55(47)49-21-19-35(31-51-49)36-20-22-50(52-32-36)56-44-18-10-8-16-40(44)42-30-46-34(28-48(42)56)24-26-54(46)38-13-5-2-6-14-38/h1-32H. The Hall–Kier alpha value is -7.70. The maximum absolute atomic E-state index is 5.06. The molecular weight excluding hydrogens is 685 g/mol. The van der Waals surface area contributed by atoms with Gasteiger partial charge in [0.15, 0.2) is 0 Å². The predicted molar refractivity (Wildman–Crippen MR) is 230 cm³/mol. The maximum atomic E-state index is 5.06. The van der Waals surface area contributed by atoms with Crippen molar-refractivity contribution in [3.63, 3.8) is 0 Å². The first-order chi connectivity index (χ1) is 27.8. The number of nitrogens with zero attached hydrogens (tertiary/aromatic N) is 6. The van der Waals surface area contributed by atoms with Crippen molar-refractivity contribution >= 4 is 65.4 Å². The van der Waals surface area contributed by atoms with Crippen molar-refractivity contribution in [2.75, 3.05) is 0 Å². The van der Waals surface area contributed by atoms with Crippen LogP contribution in [0, 0.1) is 0 Å². The Morgan fingerprint density at radius 3 is 1.18 bits per heavy atom. The van der Waals surface area contributed by atoms with Crippen molar-refractivity contribution in [2.24, 2.45) is 0 Å². The molecule has 0 aliphatic heterocycles. The van der Waals surface area contributed by atoms with Gasteiger partial charge in [-0.05, 0) is 97.1 Å². The highest BCUT2D eigenvalue weighted by Gasteiger charge is 2.18. The summed E-state index contributed by atoms with van der Waals surface area (Å²) in [6.45, 7) is 0. The van der Waals surface area contributed by atoms with Gasteiger partial charge in [-0.3, -0.25) is 9.13 Å². The van der Waals surface area contributed by atoms with E-state index in [1.54, 1.807) is 0 Å². The highest BCUT2D eigenvalue weighted by atomic mass is 15.1. The summed E-state index contributed by atoms with van der Waals surface area (Å²) in [6.07, 6.45) is 8.24. The first kappa shape index (κ1) is 30.7. The Morgan fingerprint density at radius 2 is 0.750 bits per heavy atom. The van der Waals surface area contributed by atoms with Crippen molar-refractivity contribution < 1.29 is 0 Å². The Labute approximate surface area is 321 Å². The molecule has 0 saturated carbocycles. The lowest BCUT2D eigenvalue weighted by Gasteiger charge is -2.10. The molecule has 6 heteroatoms. The van der Waals surface area contributed by atoms with Gasteiger partial charge in [-0.15, -0.1) is 0 Å². The maximum Gasteiger partial charge on any atom is 0.137 e. The number of fused-ring (bicyclic) bond motifs is 8. The molecule has 0 unspecified atom stereocenters. The van der Waals surface area contributed by atoms with Gasteiger partial charge in [-0.1, -0.05) is 72.8 Å². The van der Waals surface area contributed by atoms with E-state index in [9.17, 15) is 0 Å². The summed E-state index contributed by atoms with van der Waals surface area (Å²) >= 11 is 0. The van der Waals surface area contributed by atoms with E-state index in [-0.39, 0.29) is 0 Å². The number of rotatable bonds is 5. The van der Waals surface area contributed by atoms with E-state index >= 15 is 0 Å². The predicted octanol–water partition coefficient (Wildman–Crippen LogP) is 12.2. The summed E-state index contributed by atoms with van der Waals surface area (Å²) in [5.41, 5.74) is 11.2. The van der Waals surface area contributed by atoms with E-state index in [1.807, 2.05) is 12.4 Å². The minimum atomic E-state index is 0.879. The zero-order chi connectivity index (χ0) is 36.7. The van der Waals surface area contributed by atoms with E-state index in [2.05, 4.69) is 201 Å². The molecule has 6 aromatic carbocycles. The number of hydrogen-bond donors (Lipinski definition) is 0. The van der Waals surface area contributed by atoms with Gasteiger partial charge >= 0.3 is 0 Å². The highest BCUT2D eigenvalue weighted by molar-refractivity contribution is 6.14. The van der Waals surface area contributed by atoms with Crippen LogP contribution >= 0.6 is 0 Å². The molecule has 12 aromatic rings. The molecule has 6 aromatic heterocycles. The fraction of sp³-hybridized carbons (Fsp3) is 0. The highest BCUT2D eigenvalue weighted by Crippen LogP contribution is 2.38. The second kappa shape index (κ2) is 11.9. The van der Waals surface area contributed by atoms with Crippen LogP contribution in [0.2, 0.25) is 0 Å². The van der Waals surface area contributed by atoms with Crippen LogP contribution in [0.1, 0.15) is 0 Å². The first-order valence-corrected chi connectivity index (χ1v) is 18.9. The molecule has 0 saturated heterocycles. The topological polar surface area (TPSA) is 45.5 Å². The molecule has 0 aliphatic carbocycles. The van der Waals surface area contributed by atoms with Crippen molar-refractivity contribution in [2.45, 2.75) is 0 Å². The Bertz CT molecular complexity index is 3210. The van der Waals surface area contributed by atoms with Gasteiger partial charge in [-0.25, -0.2) is 9.97 Å². The molecule has 0 amide bonds. The molecule has 12 rings (SSSR count). The lowest BCUT2D eigenvalue weighted by Crippen LogP contribution is -1.99. The van der Waals surface area contributed by atoms with Gasteiger partial charge in [0.2, 0.25) is 0 Å². The van der Waals surface area contributed by atoms with Crippen LogP contribution in [-0.4, -0.2) is 28.2 Å². The molecule has 262 valence electrons. The molecule has 0 radical (unpaired) electrons. The number of benzene rings is 6. The van der Waals surface area contributed by atoms with Crippen LogP contribution in [0.5, 0.6) is 0 Å². The lowest BCUT2D eigenvalue weighted by molar-refractivity contribution is 1.07. The Morgan fingerprint density at radius 1 is 0.321 bits per heavy atom. The molecule has 0 spiro atoms. The fourth-order valence-electron chi connectivity index (χ4n) is 8.69. The summed E-state index contributed by atoms with van der Waals surface area (Å²) in [4.78, 5) is 10.1. The normalized spacial score (nSPS) is 11.9. The zero-order valence-corrected chi connectivity index (χ0v) is 30.2. The third-order valence-electron chi connectivity index (χ3n) is 11.3. The number of para-hydroxylation sites is 4. The van der Waals surface area contributed by atoms with Crippen molar-refractivity contribution in [1.29, 1.82) is 0 Å². The molecule has 0 N–H and O–H groups in total. The molecule has 0 atom stereocenters. The summed E-state index contributed by atoms with van der Waals surface area (Å²) < 4.78 is 9.08. The third-order valence-corrected chi connectivity index (χ3v) is 11.3. The van der Waals surface area contributed by atoms with Gasteiger partial charge in [0.05, 0.1) is 33.1 Å². The van der Waals surface area contributed by atoms with E-state index in [4.69, 9.17) is 9.97 Å². The van der Waals surface area contributed by atoms with Crippen molar-refractivity contribution in [3.05, 3.63) is 195 Å². The molecule has 56 heavy (non-hydrogen) atoms. The lowest BCUT2D eigenvalue weighted by atomic mass is 10.1. The number of aromatic nitrogens is 6. The summed E-state index contributed by atoms with van der Waals surface area (Å²) in [7, 11) is 0. The Balaban J connectivity index is 0.926. The first-order valence-electron chi connectivity index (χ1n) is 18.9. The van der Waals surface area contributed by atoms with Gasteiger partial charge in [0.25, 0.3) is 0 Å². The molecule has 0 fully saturated rings. The van der Waals surface area contributed by atoms with Gasteiger partial charge in [-0.2, -0.15) is 0 Å². The molecule has 6 heterocycles. The minimum absolute atomic E-state index is 0.879. The van der Waals surface area contributed by atoms with Crippen LogP contribution in [0.25, 0.3) is 99.6 Å². The Kier molecular flexibility index (Phi) is 6.53. The smallest absolute Gasteiger partial charge is 0.137 e. The molecule has 0 bridgehead atoms. The van der Waals surface area contributed by atoms with Gasteiger partial charge in [0, 0.05) is 79.6 Å². The average Bonchev–Trinajstić information content (AvgIpc) is 4.03. The summed E-state index contributed by atoms with van der Waals surface area (Å²) in [5.74, 6) is 1.76. The van der Waals surface area contributed by atoms with Crippen LogP contribution in [0.4, 0.5) is 0 Å². The van der Waals surface area contributed by atoms with E-state index in [0.29, 0.717) is 0 Å². The van der Waals surface area contributed by atoms with Crippen LogP contribution in [-0.2, 0) is 0 Å². The van der Waals surface area contributed by atoms with Crippen molar-refractivity contribution in [1.82, 2.24) is 28.2 Å². The minimum Gasteiger partial charge on any atom is -0.317 e. The van der Waals surface area contributed by atoms with Crippen LogP contribution < -0.4 is 0 Å². The fourth-order valence-corrected chi connectivity index (χ4v) is 8.69. The largest absolute Gasteiger partial charge is 0.317 e. The summed E-state index contributed by atoms with van der Waals surface area (Å²) in [6, 6.07) is 60.4. The summed E-state index contributed by atoms with van der Waals surface area (Å²) in [5, 5.41) is 7.19. The monoisotopic (exact) mass is 716 g/mol. The average molecular weight is 717 g/mol. The molecule has 6 nitrogen and oxygen atoms in total.